The first kappa shape index (κ1) is 18.4. The molecule has 4 rings (SSSR count). The molecule has 1 aliphatic rings. The molecule has 0 saturated carbocycles. The number of carbonyl (C=O) groups is 1. The normalized spacial score (nSPS) is 14.0. The van der Waals surface area contributed by atoms with Crippen LogP contribution >= 0.6 is 11.6 Å². The van der Waals surface area contributed by atoms with Gasteiger partial charge in [0.15, 0.2) is 5.82 Å². The molecular weight excluding hydrogens is 376 g/mol. The van der Waals surface area contributed by atoms with E-state index in [0.29, 0.717) is 29.5 Å². The molecule has 6 nitrogen and oxygen atoms in total. The number of benzene rings is 2. The lowest BCUT2D eigenvalue weighted by Crippen LogP contribution is -2.36. The topological polar surface area (TPSA) is 67.4 Å². The Kier molecular flexibility index (Phi) is 5.50. The summed E-state index contributed by atoms with van der Waals surface area (Å²) in [5, 5.41) is 12.1. The summed E-state index contributed by atoms with van der Waals surface area (Å²) >= 11 is 5.97. The van der Waals surface area contributed by atoms with E-state index in [9.17, 15) is 4.79 Å². The summed E-state index contributed by atoms with van der Waals surface area (Å²) in [5.41, 5.74) is 2.74. The van der Waals surface area contributed by atoms with Crippen LogP contribution in [0.4, 0.5) is 11.5 Å². The highest BCUT2D eigenvalue weighted by molar-refractivity contribution is 6.31. The molecule has 0 unspecified atom stereocenters. The van der Waals surface area contributed by atoms with Gasteiger partial charge in [-0.2, -0.15) is 0 Å². The zero-order chi connectivity index (χ0) is 19.3. The van der Waals surface area contributed by atoms with E-state index in [1.807, 2.05) is 24.3 Å². The van der Waals surface area contributed by atoms with Gasteiger partial charge in [0.2, 0.25) is 0 Å². The van der Waals surface area contributed by atoms with E-state index in [0.717, 1.165) is 30.2 Å². The van der Waals surface area contributed by atoms with Crippen LogP contribution in [-0.2, 0) is 4.74 Å². The van der Waals surface area contributed by atoms with Crippen molar-refractivity contribution in [2.45, 2.75) is 0 Å². The molecule has 1 saturated heterocycles. The molecule has 1 amide bonds. The maximum absolute atomic E-state index is 12.6. The molecule has 28 heavy (non-hydrogen) atoms. The van der Waals surface area contributed by atoms with Crippen molar-refractivity contribution in [1.82, 2.24) is 10.2 Å². The number of ether oxygens (including phenoxy) is 1. The second-order valence-electron chi connectivity index (χ2n) is 6.42. The first-order valence-corrected chi connectivity index (χ1v) is 9.41. The predicted octanol–water partition coefficient (Wildman–Crippen LogP) is 3.89. The van der Waals surface area contributed by atoms with Gasteiger partial charge in [-0.3, -0.25) is 4.79 Å². The molecule has 0 atom stereocenters. The van der Waals surface area contributed by atoms with Gasteiger partial charge in [-0.15, -0.1) is 10.2 Å². The second kappa shape index (κ2) is 8.37. The maximum atomic E-state index is 12.6. The summed E-state index contributed by atoms with van der Waals surface area (Å²) in [5.74, 6) is 0.629. The fourth-order valence-corrected chi connectivity index (χ4v) is 3.22. The molecule has 1 aliphatic heterocycles. The van der Waals surface area contributed by atoms with Crippen LogP contribution in [0.15, 0.2) is 60.7 Å². The number of nitrogens with zero attached hydrogens (tertiary/aromatic N) is 3. The van der Waals surface area contributed by atoms with Crippen molar-refractivity contribution in [1.29, 1.82) is 0 Å². The van der Waals surface area contributed by atoms with Gasteiger partial charge < -0.3 is 15.0 Å². The molecule has 1 aromatic heterocycles. The summed E-state index contributed by atoms with van der Waals surface area (Å²) in [6.45, 7) is 3.03. The van der Waals surface area contributed by atoms with Crippen LogP contribution in [0, 0.1) is 0 Å². The number of hydrogen-bond donors (Lipinski definition) is 1. The first-order chi connectivity index (χ1) is 13.7. The largest absolute Gasteiger partial charge is 0.378 e. The van der Waals surface area contributed by atoms with Gasteiger partial charge in [-0.25, -0.2) is 0 Å². The van der Waals surface area contributed by atoms with Gasteiger partial charge in [0.1, 0.15) is 0 Å². The molecule has 2 aromatic carbocycles. The van der Waals surface area contributed by atoms with Crippen LogP contribution in [0.5, 0.6) is 0 Å². The fourth-order valence-electron chi connectivity index (χ4n) is 3.03. The number of carbonyl (C=O) groups excluding carboxylic acids is 1. The Morgan fingerprint density at radius 3 is 2.57 bits per heavy atom. The van der Waals surface area contributed by atoms with Crippen LogP contribution in [-0.4, -0.2) is 42.4 Å². The van der Waals surface area contributed by atoms with Crippen molar-refractivity contribution < 1.29 is 9.53 Å². The fraction of sp³-hybridized carbons (Fsp3) is 0.190. The highest BCUT2D eigenvalue weighted by Gasteiger charge is 2.14. The third-order valence-corrected chi connectivity index (χ3v) is 4.72. The van der Waals surface area contributed by atoms with Gasteiger partial charge in [-0.1, -0.05) is 29.8 Å². The average Bonchev–Trinajstić information content (AvgIpc) is 2.75. The Labute approximate surface area is 168 Å². The van der Waals surface area contributed by atoms with Gasteiger partial charge in [0.05, 0.1) is 18.9 Å². The monoisotopic (exact) mass is 394 g/mol. The smallest absolute Gasteiger partial charge is 0.255 e. The summed E-state index contributed by atoms with van der Waals surface area (Å²) in [6.07, 6.45) is 0. The molecule has 0 radical (unpaired) electrons. The standard InChI is InChI=1S/C21H19ClN4O2/c22-17-5-2-6-18(14-17)23-21(27)16-4-1-3-15(13-16)19-7-8-20(25-24-19)26-9-11-28-12-10-26/h1-8,13-14H,9-12H2,(H,23,27). The van der Waals surface area contributed by atoms with Crippen LogP contribution in [0.25, 0.3) is 11.3 Å². The molecule has 142 valence electrons. The summed E-state index contributed by atoms with van der Waals surface area (Å²) < 4.78 is 5.36. The van der Waals surface area contributed by atoms with Crippen molar-refractivity contribution >= 4 is 29.0 Å². The quantitative estimate of drug-likeness (QED) is 0.727. The molecule has 0 aliphatic carbocycles. The zero-order valence-electron chi connectivity index (χ0n) is 15.1. The van der Waals surface area contributed by atoms with Crippen molar-refractivity contribution in [2.75, 3.05) is 36.5 Å². The third kappa shape index (κ3) is 4.30. The van der Waals surface area contributed by atoms with Crippen LogP contribution in [0.1, 0.15) is 10.4 Å². The maximum Gasteiger partial charge on any atom is 0.255 e. The Morgan fingerprint density at radius 1 is 1.00 bits per heavy atom. The van der Waals surface area contributed by atoms with E-state index < -0.39 is 0 Å². The SMILES string of the molecule is O=C(Nc1cccc(Cl)c1)c1cccc(-c2ccc(N3CCOCC3)nn2)c1. The molecular formula is C21H19ClN4O2. The van der Waals surface area contributed by atoms with Crippen molar-refractivity contribution in [3.05, 3.63) is 71.2 Å². The number of nitrogens with one attached hydrogen (secondary N) is 1. The Morgan fingerprint density at radius 2 is 1.82 bits per heavy atom. The minimum Gasteiger partial charge on any atom is -0.378 e. The van der Waals surface area contributed by atoms with Crippen molar-refractivity contribution in [2.24, 2.45) is 0 Å². The lowest BCUT2D eigenvalue weighted by Gasteiger charge is -2.27. The number of halogens is 1. The van der Waals surface area contributed by atoms with Gasteiger partial charge in [-0.05, 0) is 42.5 Å². The Hall–Kier alpha value is -2.96. The van der Waals surface area contributed by atoms with Crippen LogP contribution in [0.2, 0.25) is 5.02 Å². The van der Waals surface area contributed by atoms with E-state index >= 15 is 0 Å². The van der Waals surface area contributed by atoms with Crippen LogP contribution < -0.4 is 10.2 Å². The van der Waals surface area contributed by atoms with E-state index in [4.69, 9.17) is 16.3 Å². The lowest BCUT2D eigenvalue weighted by molar-refractivity contribution is 0.102. The molecule has 0 bridgehead atoms. The molecule has 1 N–H and O–H groups in total. The Bertz CT molecular complexity index is 972. The number of anilines is 2. The van der Waals surface area contributed by atoms with Crippen molar-refractivity contribution in [3.8, 4) is 11.3 Å². The number of morpholine rings is 1. The molecule has 3 aromatic rings. The molecule has 1 fully saturated rings. The molecule has 7 heteroatoms. The number of rotatable bonds is 4. The number of hydrogen-bond acceptors (Lipinski definition) is 5. The Balaban J connectivity index is 1.50. The minimum absolute atomic E-state index is 0.206. The van der Waals surface area contributed by atoms with E-state index in [1.54, 1.807) is 36.4 Å². The number of amides is 1. The predicted molar refractivity (Wildman–Crippen MR) is 110 cm³/mol. The van der Waals surface area contributed by atoms with Gasteiger partial charge in [0, 0.05) is 34.9 Å². The molecule has 2 heterocycles. The van der Waals surface area contributed by atoms with Crippen molar-refractivity contribution in [3.63, 3.8) is 0 Å². The van der Waals surface area contributed by atoms with E-state index in [-0.39, 0.29) is 5.91 Å². The zero-order valence-corrected chi connectivity index (χ0v) is 15.9. The number of aromatic nitrogens is 2. The summed E-state index contributed by atoms with van der Waals surface area (Å²) in [7, 11) is 0. The minimum atomic E-state index is -0.206. The van der Waals surface area contributed by atoms with E-state index in [2.05, 4.69) is 20.4 Å². The summed E-state index contributed by atoms with van der Waals surface area (Å²) in [4.78, 5) is 14.7. The van der Waals surface area contributed by atoms with E-state index in [1.165, 1.54) is 0 Å². The third-order valence-electron chi connectivity index (χ3n) is 4.49. The second-order valence-corrected chi connectivity index (χ2v) is 6.86. The van der Waals surface area contributed by atoms with Gasteiger partial charge >= 0.3 is 0 Å². The highest BCUT2D eigenvalue weighted by atomic mass is 35.5. The first-order valence-electron chi connectivity index (χ1n) is 9.03. The summed E-state index contributed by atoms with van der Waals surface area (Å²) in [6, 6.07) is 18.2. The van der Waals surface area contributed by atoms with Gasteiger partial charge in [0.25, 0.3) is 5.91 Å². The highest BCUT2D eigenvalue weighted by Crippen LogP contribution is 2.21. The lowest BCUT2D eigenvalue weighted by atomic mass is 10.1. The molecule has 0 spiro atoms. The van der Waals surface area contributed by atoms with Crippen LogP contribution in [0.3, 0.4) is 0 Å². The average molecular weight is 395 g/mol.